The van der Waals surface area contributed by atoms with Crippen LogP contribution in [0.2, 0.25) is 0 Å². The predicted molar refractivity (Wildman–Crippen MR) is 77.8 cm³/mol. The van der Waals surface area contributed by atoms with Crippen molar-refractivity contribution in [2.45, 2.75) is 6.92 Å². The molecule has 0 radical (unpaired) electrons. The number of rotatable bonds is 3. The van der Waals surface area contributed by atoms with Crippen LogP contribution in [0.4, 0.5) is 5.69 Å². The van der Waals surface area contributed by atoms with Gasteiger partial charge in [0.05, 0.1) is 0 Å². The molecule has 0 atom stereocenters. The minimum atomic E-state index is -0.156. The number of furan rings is 1. The number of benzene rings is 1. The zero-order valence-corrected chi connectivity index (χ0v) is 11.1. The van der Waals surface area contributed by atoms with E-state index in [9.17, 15) is 4.79 Å². The van der Waals surface area contributed by atoms with Crippen LogP contribution in [0.25, 0.3) is 11.1 Å². The molecule has 2 heterocycles. The van der Waals surface area contributed by atoms with Crippen molar-refractivity contribution in [2.24, 2.45) is 0 Å². The highest BCUT2D eigenvalue weighted by molar-refractivity contribution is 6.05. The summed E-state index contributed by atoms with van der Waals surface area (Å²) in [7, 11) is 0. The molecule has 0 aliphatic rings. The standard InChI is InChI=1S/C16H14N2O2/c1-2-18(12-7-4-3-5-8-12)16(19)15-11-13-14(20-15)9-6-10-17-13/h3-11H,2H2,1H3. The molecule has 4 heteroatoms. The first-order chi connectivity index (χ1) is 9.79. The Hall–Kier alpha value is -2.62. The largest absolute Gasteiger partial charge is 0.449 e. The van der Waals surface area contributed by atoms with Gasteiger partial charge in [-0.25, -0.2) is 0 Å². The van der Waals surface area contributed by atoms with Crippen molar-refractivity contribution in [3.05, 3.63) is 60.5 Å². The number of amides is 1. The van der Waals surface area contributed by atoms with Crippen LogP contribution in [0.3, 0.4) is 0 Å². The van der Waals surface area contributed by atoms with Crippen LogP contribution in [0.1, 0.15) is 17.5 Å². The van der Waals surface area contributed by atoms with Gasteiger partial charge < -0.3 is 9.32 Å². The van der Waals surface area contributed by atoms with Crippen LogP contribution >= 0.6 is 0 Å². The number of hydrogen-bond acceptors (Lipinski definition) is 3. The summed E-state index contributed by atoms with van der Waals surface area (Å²) in [5.74, 6) is 0.154. The second-order valence-corrected chi connectivity index (χ2v) is 4.38. The number of fused-ring (bicyclic) bond motifs is 1. The fourth-order valence-corrected chi connectivity index (χ4v) is 2.16. The molecule has 3 rings (SSSR count). The number of anilines is 1. The second kappa shape index (κ2) is 5.17. The molecule has 0 aliphatic carbocycles. The molecule has 0 aliphatic heterocycles. The van der Waals surface area contributed by atoms with E-state index in [2.05, 4.69) is 4.98 Å². The monoisotopic (exact) mass is 266 g/mol. The first-order valence-electron chi connectivity index (χ1n) is 6.51. The van der Waals surface area contributed by atoms with E-state index < -0.39 is 0 Å². The molecule has 0 spiro atoms. The quantitative estimate of drug-likeness (QED) is 0.729. The van der Waals surface area contributed by atoms with Gasteiger partial charge in [-0.3, -0.25) is 9.78 Å². The molecule has 0 saturated carbocycles. The van der Waals surface area contributed by atoms with Gasteiger partial charge in [0.15, 0.2) is 11.3 Å². The van der Waals surface area contributed by atoms with Crippen LogP contribution in [0.5, 0.6) is 0 Å². The lowest BCUT2D eigenvalue weighted by Gasteiger charge is -2.19. The van der Waals surface area contributed by atoms with Gasteiger partial charge in [0.1, 0.15) is 5.52 Å². The molecule has 20 heavy (non-hydrogen) atoms. The normalized spacial score (nSPS) is 10.7. The summed E-state index contributed by atoms with van der Waals surface area (Å²) in [6.07, 6.45) is 1.68. The molecular weight excluding hydrogens is 252 g/mol. The lowest BCUT2D eigenvalue weighted by Crippen LogP contribution is -2.30. The van der Waals surface area contributed by atoms with Gasteiger partial charge in [0.2, 0.25) is 0 Å². The summed E-state index contributed by atoms with van der Waals surface area (Å²) in [5, 5.41) is 0. The number of carbonyl (C=O) groups is 1. The maximum absolute atomic E-state index is 12.6. The minimum Gasteiger partial charge on any atom is -0.449 e. The third-order valence-corrected chi connectivity index (χ3v) is 3.13. The second-order valence-electron chi connectivity index (χ2n) is 4.38. The van der Waals surface area contributed by atoms with Gasteiger partial charge in [0.25, 0.3) is 5.91 Å². The van der Waals surface area contributed by atoms with Crippen molar-refractivity contribution in [1.29, 1.82) is 0 Å². The SMILES string of the molecule is CCN(C(=O)c1cc2ncccc2o1)c1ccccc1. The summed E-state index contributed by atoms with van der Waals surface area (Å²) in [4.78, 5) is 18.4. The fourth-order valence-electron chi connectivity index (χ4n) is 2.16. The molecule has 0 N–H and O–H groups in total. The average Bonchev–Trinajstić information content (AvgIpc) is 2.93. The van der Waals surface area contributed by atoms with Gasteiger partial charge in [0, 0.05) is 24.5 Å². The molecule has 0 saturated heterocycles. The van der Waals surface area contributed by atoms with Crippen molar-refractivity contribution < 1.29 is 9.21 Å². The summed E-state index contributed by atoms with van der Waals surface area (Å²) in [5.41, 5.74) is 2.17. The maximum Gasteiger partial charge on any atom is 0.294 e. The average molecular weight is 266 g/mol. The minimum absolute atomic E-state index is 0.156. The Bertz CT molecular complexity index is 701. The topological polar surface area (TPSA) is 46.3 Å². The number of pyridine rings is 1. The molecule has 1 amide bonds. The third kappa shape index (κ3) is 2.16. The van der Waals surface area contributed by atoms with E-state index >= 15 is 0 Å². The van der Waals surface area contributed by atoms with Crippen molar-refractivity contribution >= 4 is 22.7 Å². The molecule has 3 aromatic rings. The number of para-hydroxylation sites is 1. The summed E-state index contributed by atoms with van der Waals surface area (Å²) in [6.45, 7) is 2.51. The van der Waals surface area contributed by atoms with Crippen LogP contribution in [-0.4, -0.2) is 17.4 Å². The molecule has 0 unspecified atom stereocenters. The maximum atomic E-state index is 12.6. The Morgan fingerprint density at radius 3 is 2.70 bits per heavy atom. The Kier molecular flexibility index (Phi) is 3.21. The van der Waals surface area contributed by atoms with E-state index in [0.29, 0.717) is 23.4 Å². The third-order valence-electron chi connectivity index (χ3n) is 3.13. The van der Waals surface area contributed by atoms with E-state index in [1.807, 2.05) is 37.3 Å². The highest BCUT2D eigenvalue weighted by Gasteiger charge is 2.20. The van der Waals surface area contributed by atoms with Crippen LogP contribution in [0, 0.1) is 0 Å². The smallest absolute Gasteiger partial charge is 0.294 e. The van der Waals surface area contributed by atoms with Crippen molar-refractivity contribution in [3.8, 4) is 0 Å². The van der Waals surface area contributed by atoms with Crippen LogP contribution in [0.15, 0.2) is 59.1 Å². The fraction of sp³-hybridized carbons (Fsp3) is 0.125. The Morgan fingerprint density at radius 1 is 1.20 bits per heavy atom. The molecule has 0 fully saturated rings. The van der Waals surface area contributed by atoms with Crippen molar-refractivity contribution in [3.63, 3.8) is 0 Å². The van der Waals surface area contributed by atoms with Gasteiger partial charge in [-0.1, -0.05) is 18.2 Å². The van der Waals surface area contributed by atoms with Gasteiger partial charge in [-0.2, -0.15) is 0 Å². The Morgan fingerprint density at radius 2 is 2.00 bits per heavy atom. The molecule has 4 nitrogen and oxygen atoms in total. The number of aromatic nitrogens is 1. The zero-order chi connectivity index (χ0) is 13.9. The zero-order valence-electron chi connectivity index (χ0n) is 11.1. The molecular formula is C16H14N2O2. The summed E-state index contributed by atoms with van der Waals surface area (Å²) >= 11 is 0. The van der Waals surface area contributed by atoms with Gasteiger partial charge in [-0.15, -0.1) is 0 Å². The molecule has 1 aromatic carbocycles. The Balaban J connectivity index is 1.98. The van der Waals surface area contributed by atoms with E-state index in [1.54, 1.807) is 29.3 Å². The first-order valence-corrected chi connectivity index (χ1v) is 6.51. The highest BCUT2D eigenvalue weighted by atomic mass is 16.3. The lowest BCUT2D eigenvalue weighted by molar-refractivity contribution is 0.0964. The van der Waals surface area contributed by atoms with Crippen LogP contribution in [-0.2, 0) is 0 Å². The first kappa shape index (κ1) is 12.4. The number of nitrogens with zero attached hydrogens (tertiary/aromatic N) is 2. The Labute approximate surface area is 116 Å². The highest BCUT2D eigenvalue weighted by Crippen LogP contribution is 2.21. The number of hydrogen-bond donors (Lipinski definition) is 0. The summed E-state index contributed by atoms with van der Waals surface area (Å²) < 4.78 is 5.58. The van der Waals surface area contributed by atoms with E-state index in [0.717, 1.165) is 5.69 Å². The lowest BCUT2D eigenvalue weighted by atomic mass is 10.2. The van der Waals surface area contributed by atoms with Gasteiger partial charge >= 0.3 is 0 Å². The summed E-state index contributed by atoms with van der Waals surface area (Å²) in [6, 6.07) is 14.8. The number of carbonyl (C=O) groups excluding carboxylic acids is 1. The van der Waals surface area contributed by atoms with Crippen molar-refractivity contribution in [1.82, 2.24) is 4.98 Å². The van der Waals surface area contributed by atoms with Gasteiger partial charge in [-0.05, 0) is 31.2 Å². The predicted octanol–water partition coefficient (Wildman–Crippen LogP) is 3.49. The van der Waals surface area contributed by atoms with Crippen molar-refractivity contribution in [2.75, 3.05) is 11.4 Å². The van der Waals surface area contributed by atoms with E-state index in [4.69, 9.17) is 4.42 Å². The molecule has 100 valence electrons. The molecule has 0 bridgehead atoms. The van der Waals surface area contributed by atoms with E-state index in [1.165, 1.54) is 0 Å². The molecule has 2 aromatic heterocycles. The van der Waals surface area contributed by atoms with Crippen LogP contribution < -0.4 is 4.90 Å². The van der Waals surface area contributed by atoms with E-state index in [-0.39, 0.29) is 5.91 Å².